The van der Waals surface area contributed by atoms with Gasteiger partial charge in [0.25, 0.3) is 0 Å². The van der Waals surface area contributed by atoms with E-state index in [1.165, 1.54) is 12.8 Å². The SMILES string of the molecule is CC1CCN(C(C)CNC(=O)NCCO)CC1. The molecule has 1 heterocycles. The lowest BCUT2D eigenvalue weighted by Crippen LogP contribution is -2.47. The van der Waals surface area contributed by atoms with Gasteiger partial charge in [0, 0.05) is 19.1 Å². The first-order chi connectivity index (χ1) is 8.13. The zero-order valence-electron chi connectivity index (χ0n) is 10.9. The maximum Gasteiger partial charge on any atom is 0.314 e. The first kappa shape index (κ1) is 14.3. The maximum atomic E-state index is 11.3. The van der Waals surface area contributed by atoms with E-state index in [0.29, 0.717) is 19.1 Å². The van der Waals surface area contributed by atoms with Crippen LogP contribution in [0.25, 0.3) is 0 Å². The predicted octanol–water partition coefficient (Wildman–Crippen LogP) is 0.398. The second-order valence-corrected chi connectivity index (χ2v) is 4.93. The van der Waals surface area contributed by atoms with E-state index in [2.05, 4.69) is 29.4 Å². The minimum absolute atomic E-state index is 0.0208. The summed E-state index contributed by atoms with van der Waals surface area (Å²) in [4.78, 5) is 13.7. The number of nitrogens with zero attached hydrogens (tertiary/aromatic N) is 1. The molecule has 0 aromatic heterocycles. The molecule has 0 aliphatic carbocycles. The standard InChI is InChI=1S/C12H25N3O2/c1-10-3-6-15(7-4-10)11(2)9-14-12(17)13-5-8-16/h10-11,16H,3-9H2,1-2H3,(H2,13,14,17). The van der Waals surface area contributed by atoms with Crippen LogP contribution in [0.1, 0.15) is 26.7 Å². The molecule has 1 fully saturated rings. The summed E-state index contributed by atoms with van der Waals surface area (Å²) in [5.74, 6) is 0.833. The van der Waals surface area contributed by atoms with Crippen LogP contribution in [0.15, 0.2) is 0 Å². The van der Waals surface area contributed by atoms with Crippen LogP contribution >= 0.6 is 0 Å². The average Bonchev–Trinajstić information content (AvgIpc) is 2.34. The second-order valence-electron chi connectivity index (χ2n) is 4.93. The van der Waals surface area contributed by atoms with Gasteiger partial charge in [0.1, 0.15) is 0 Å². The predicted molar refractivity (Wildman–Crippen MR) is 67.9 cm³/mol. The Labute approximate surface area is 104 Å². The van der Waals surface area contributed by atoms with Crippen LogP contribution in [0.3, 0.4) is 0 Å². The monoisotopic (exact) mass is 243 g/mol. The van der Waals surface area contributed by atoms with Gasteiger partial charge in [-0.15, -0.1) is 0 Å². The fourth-order valence-corrected chi connectivity index (χ4v) is 2.07. The van der Waals surface area contributed by atoms with E-state index in [1.807, 2.05) is 0 Å². The molecule has 3 N–H and O–H groups in total. The van der Waals surface area contributed by atoms with E-state index in [-0.39, 0.29) is 12.6 Å². The van der Waals surface area contributed by atoms with E-state index in [9.17, 15) is 4.79 Å². The van der Waals surface area contributed by atoms with Crippen molar-refractivity contribution in [1.82, 2.24) is 15.5 Å². The third-order valence-electron chi connectivity index (χ3n) is 3.40. The van der Waals surface area contributed by atoms with E-state index in [1.54, 1.807) is 0 Å². The summed E-state index contributed by atoms with van der Waals surface area (Å²) < 4.78 is 0. The van der Waals surface area contributed by atoms with Crippen molar-refractivity contribution in [2.45, 2.75) is 32.7 Å². The number of likely N-dealkylation sites (tertiary alicyclic amines) is 1. The molecule has 1 aliphatic rings. The van der Waals surface area contributed by atoms with E-state index >= 15 is 0 Å². The number of aliphatic hydroxyl groups excluding tert-OH is 1. The van der Waals surface area contributed by atoms with Gasteiger partial charge < -0.3 is 15.7 Å². The van der Waals surface area contributed by atoms with Crippen LogP contribution in [-0.4, -0.2) is 54.9 Å². The molecule has 0 saturated carbocycles. The second kappa shape index (κ2) is 7.50. The molecule has 5 heteroatoms. The van der Waals surface area contributed by atoms with Gasteiger partial charge in [0.2, 0.25) is 0 Å². The summed E-state index contributed by atoms with van der Waals surface area (Å²) >= 11 is 0. The number of carbonyl (C=O) groups is 1. The molecular formula is C12H25N3O2. The van der Waals surface area contributed by atoms with Crippen molar-refractivity contribution in [3.05, 3.63) is 0 Å². The Hall–Kier alpha value is -0.810. The van der Waals surface area contributed by atoms with Gasteiger partial charge in [0.05, 0.1) is 6.61 Å². The highest BCUT2D eigenvalue weighted by Gasteiger charge is 2.20. The van der Waals surface area contributed by atoms with Gasteiger partial charge in [-0.05, 0) is 38.8 Å². The Morgan fingerprint density at radius 2 is 2.06 bits per heavy atom. The lowest BCUT2D eigenvalue weighted by molar-refractivity contribution is 0.145. The topological polar surface area (TPSA) is 64.6 Å². The largest absolute Gasteiger partial charge is 0.395 e. The summed E-state index contributed by atoms with van der Waals surface area (Å²) in [6.45, 7) is 7.63. The Morgan fingerprint density at radius 3 is 2.65 bits per heavy atom. The number of amides is 2. The minimum Gasteiger partial charge on any atom is -0.395 e. The van der Waals surface area contributed by atoms with Gasteiger partial charge in [-0.1, -0.05) is 6.92 Å². The van der Waals surface area contributed by atoms with Crippen LogP contribution in [-0.2, 0) is 0 Å². The van der Waals surface area contributed by atoms with Crippen molar-refractivity contribution >= 4 is 6.03 Å². The lowest BCUT2D eigenvalue weighted by Gasteiger charge is -2.34. The third-order valence-corrected chi connectivity index (χ3v) is 3.40. The summed E-state index contributed by atoms with van der Waals surface area (Å²) in [7, 11) is 0. The fraction of sp³-hybridized carbons (Fsp3) is 0.917. The molecule has 1 unspecified atom stereocenters. The normalized spacial score (nSPS) is 19.9. The summed E-state index contributed by atoms with van der Waals surface area (Å²) in [5, 5.41) is 14.0. The molecule has 0 spiro atoms. The number of rotatable bonds is 5. The van der Waals surface area contributed by atoms with Crippen molar-refractivity contribution in [3.63, 3.8) is 0 Å². The van der Waals surface area contributed by atoms with Crippen LogP contribution in [0.2, 0.25) is 0 Å². The maximum absolute atomic E-state index is 11.3. The number of hydrogen-bond donors (Lipinski definition) is 3. The molecule has 0 bridgehead atoms. The third kappa shape index (κ3) is 5.37. The van der Waals surface area contributed by atoms with Crippen molar-refractivity contribution in [2.24, 2.45) is 5.92 Å². The molecule has 2 amide bonds. The fourth-order valence-electron chi connectivity index (χ4n) is 2.07. The number of piperidine rings is 1. The van der Waals surface area contributed by atoms with Crippen molar-refractivity contribution in [1.29, 1.82) is 0 Å². The van der Waals surface area contributed by atoms with Crippen molar-refractivity contribution in [2.75, 3.05) is 32.8 Å². The van der Waals surface area contributed by atoms with Gasteiger partial charge in [-0.3, -0.25) is 4.90 Å². The number of urea groups is 1. The molecule has 1 atom stereocenters. The molecule has 0 radical (unpaired) electrons. The lowest BCUT2D eigenvalue weighted by atomic mass is 9.98. The Balaban J connectivity index is 2.16. The number of nitrogens with one attached hydrogen (secondary N) is 2. The molecule has 1 aliphatic heterocycles. The van der Waals surface area contributed by atoms with E-state index in [4.69, 9.17) is 5.11 Å². The zero-order valence-corrected chi connectivity index (χ0v) is 10.9. The minimum atomic E-state index is -0.198. The summed E-state index contributed by atoms with van der Waals surface area (Å²) in [6, 6.07) is 0.179. The van der Waals surface area contributed by atoms with Gasteiger partial charge in [-0.25, -0.2) is 4.79 Å². The number of aliphatic hydroxyl groups is 1. The van der Waals surface area contributed by atoms with Crippen LogP contribution < -0.4 is 10.6 Å². The molecule has 5 nitrogen and oxygen atoms in total. The van der Waals surface area contributed by atoms with Crippen LogP contribution in [0.5, 0.6) is 0 Å². The number of carbonyl (C=O) groups excluding carboxylic acids is 1. The van der Waals surface area contributed by atoms with Crippen LogP contribution in [0, 0.1) is 5.92 Å². The summed E-state index contributed by atoms with van der Waals surface area (Å²) in [5.41, 5.74) is 0. The average molecular weight is 243 g/mol. The highest BCUT2D eigenvalue weighted by Crippen LogP contribution is 2.17. The first-order valence-electron chi connectivity index (χ1n) is 6.50. The molecule has 1 saturated heterocycles. The quantitative estimate of drug-likeness (QED) is 0.655. The van der Waals surface area contributed by atoms with Crippen molar-refractivity contribution < 1.29 is 9.90 Å². The Bertz CT molecular complexity index is 228. The van der Waals surface area contributed by atoms with E-state index < -0.39 is 0 Å². The van der Waals surface area contributed by atoms with E-state index in [0.717, 1.165) is 19.0 Å². The van der Waals surface area contributed by atoms with Crippen molar-refractivity contribution in [3.8, 4) is 0 Å². The first-order valence-corrected chi connectivity index (χ1v) is 6.50. The van der Waals surface area contributed by atoms with Gasteiger partial charge in [-0.2, -0.15) is 0 Å². The smallest absolute Gasteiger partial charge is 0.314 e. The van der Waals surface area contributed by atoms with Gasteiger partial charge >= 0.3 is 6.03 Å². The Morgan fingerprint density at radius 1 is 1.41 bits per heavy atom. The molecule has 0 aromatic rings. The summed E-state index contributed by atoms with van der Waals surface area (Å²) in [6.07, 6.45) is 2.50. The molecule has 1 rings (SSSR count). The Kier molecular flexibility index (Phi) is 6.29. The van der Waals surface area contributed by atoms with Gasteiger partial charge in [0.15, 0.2) is 0 Å². The molecule has 17 heavy (non-hydrogen) atoms. The highest BCUT2D eigenvalue weighted by atomic mass is 16.3. The molecule has 0 aromatic carbocycles. The molecular weight excluding hydrogens is 218 g/mol. The molecule has 100 valence electrons. The number of hydrogen-bond acceptors (Lipinski definition) is 3. The highest BCUT2D eigenvalue weighted by molar-refractivity contribution is 5.73. The van der Waals surface area contributed by atoms with Crippen LogP contribution in [0.4, 0.5) is 4.79 Å². The zero-order chi connectivity index (χ0) is 12.7.